The van der Waals surface area contributed by atoms with Crippen molar-refractivity contribution in [2.75, 3.05) is 39.6 Å². The van der Waals surface area contributed by atoms with Gasteiger partial charge in [-0.3, -0.25) is 37.3 Å². The molecule has 0 aromatic rings. The number of unbranched alkanes of at least 4 members (excludes halogenated alkanes) is 48. The van der Waals surface area contributed by atoms with Gasteiger partial charge >= 0.3 is 39.5 Å². The van der Waals surface area contributed by atoms with Gasteiger partial charge in [0, 0.05) is 25.7 Å². The first-order chi connectivity index (χ1) is 46.0. The minimum Gasteiger partial charge on any atom is -0.462 e. The van der Waals surface area contributed by atoms with Crippen LogP contribution in [0.5, 0.6) is 0 Å². The summed E-state index contributed by atoms with van der Waals surface area (Å²) in [6.45, 7) is 7.26. The number of carbonyl (C=O) groups is 4. The van der Waals surface area contributed by atoms with Crippen LogP contribution in [0, 0.1) is 5.92 Å². The van der Waals surface area contributed by atoms with Crippen LogP contribution >= 0.6 is 15.6 Å². The van der Waals surface area contributed by atoms with E-state index in [0.29, 0.717) is 25.7 Å². The Bertz CT molecular complexity index is 1820. The molecule has 17 nitrogen and oxygen atoms in total. The van der Waals surface area contributed by atoms with Crippen molar-refractivity contribution in [2.24, 2.45) is 5.92 Å². The van der Waals surface area contributed by atoms with E-state index in [-0.39, 0.29) is 25.7 Å². The average molecular weight is 1400 g/mol. The quantitative estimate of drug-likeness (QED) is 0.0222. The van der Waals surface area contributed by atoms with Gasteiger partial charge in [-0.15, -0.1) is 0 Å². The number of esters is 4. The molecule has 19 heteroatoms. The Labute approximate surface area is 581 Å². The summed E-state index contributed by atoms with van der Waals surface area (Å²) in [7, 11) is -9.90. The Morgan fingerprint density at radius 1 is 0.284 bits per heavy atom. The largest absolute Gasteiger partial charge is 0.472 e. The number of aliphatic hydroxyl groups is 1. The Balaban J connectivity index is 5.14. The minimum absolute atomic E-state index is 0.105. The van der Waals surface area contributed by atoms with E-state index in [1.54, 1.807) is 0 Å². The predicted molar refractivity (Wildman–Crippen MR) is 386 cm³/mol. The first kappa shape index (κ1) is 93.1. The van der Waals surface area contributed by atoms with Gasteiger partial charge in [-0.1, -0.05) is 349 Å². The Kier molecular flexibility index (Phi) is 67.7. The molecule has 5 atom stereocenters. The molecule has 95 heavy (non-hydrogen) atoms. The van der Waals surface area contributed by atoms with Crippen LogP contribution in [-0.2, 0) is 65.4 Å². The fourth-order valence-electron chi connectivity index (χ4n) is 11.7. The monoisotopic (exact) mass is 1400 g/mol. The number of hydrogen-bond acceptors (Lipinski definition) is 15. The third-order valence-electron chi connectivity index (χ3n) is 17.8. The lowest BCUT2D eigenvalue weighted by atomic mass is 10.0. The highest BCUT2D eigenvalue weighted by Gasteiger charge is 2.30. The summed E-state index contributed by atoms with van der Waals surface area (Å²) in [5, 5.41) is 10.6. The third kappa shape index (κ3) is 70.3. The Morgan fingerprint density at radius 3 is 0.716 bits per heavy atom. The van der Waals surface area contributed by atoms with E-state index in [1.165, 1.54) is 212 Å². The molecule has 0 heterocycles. The van der Waals surface area contributed by atoms with Crippen molar-refractivity contribution < 1.29 is 80.2 Å². The first-order valence-corrected chi connectivity index (χ1v) is 42.6. The van der Waals surface area contributed by atoms with E-state index in [2.05, 4.69) is 34.6 Å². The van der Waals surface area contributed by atoms with E-state index in [4.69, 9.17) is 37.0 Å². The topological polar surface area (TPSA) is 237 Å². The van der Waals surface area contributed by atoms with Gasteiger partial charge in [0.05, 0.1) is 26.4 Å². The van der Waals surface area contributed by atoms with E-state index in [9.17, 15) is 43.2 Å². The standard InChI is InChI=1S/C76H148O17P2/c1-6-9-12-15-18-21-22-23-24-25-26-27-28-33-36-39-42-47-52-57-62-76(81)93-72(66-87-74(79)60-55-50-46-41-38-35-32-30-29-31-34-37-40-43-48-53-58-69(4)5)68-91-95(84,85)89-64-70(77)63-88-94(82,83)90-67-71(92-75(80)61-56-51-45-20-17-14-11-8-3)65-86-73(78)59-54-49-44-19-16-13-10-7-2/h69-72,77H,6-68H2,1-5H3,(H,82,83)(H,84,85)/t70-,71+,72+/m0/s1. The highest BCUT2D eigenvalue weighted by Crippen LogP contribution is 2.45. The number of hydrogen-bond donors (Lipinski definition) is 3. The van der Waals surface area contributed by atoms with E-state index in [0.717, 1.165) is 109 Å². The number of phosphoric acid groups is 2. The van der Waals surface area contributed by atoms with Crippen LogP contribution in [0.3, 0.4) is 0 Å². The van der Waals surface area contributed by atoms with Gasteiger partial charge in [-0.05, 0) is 31.6 Å². The summed E-state index contributed by atoms with van der Waals surface area (Å²) in [6.07, 6.45) is 58.6. The van der Waals surface area contributed by atoms with Crippen molar-refractivity contribution in [3.63, 3.8) is 0 Å². The van der Waals surface area contributed by atoms with Gasteiger partial charge in [-0.2, -0.15) is 0 Å². The zero-order valence-electron chi connectivity index (χ0n) is 61.8. The van der Waals surface area contributed by atoms with E-state index < -0.39 is 97.5 Å². The van der Waals surface area contributed by atoms with E-state index in [1.807, 2.05) is 0 Å². The fraction of sp³-hybridized carbons (Fsp3) is 0.947. The molecule has 0 rings (SSSR count). The minimum atomic E-state index is -4.96. The van der Waals surface area contributed by atoms with Gasteiger partial charge in [0.15, 0.2) is 12.2 Å². The van der Waals surface area contributed by atoms with Crippen molar-refractivity contribution in [1.82, 2.24) is 0 Å². The molecule has 0 bridgehead atoms. The molecule has 0 amide bonds. The lowest BCUT2D eigenvalue weighted by Crippen LogP contribution is -2.30. The average Bonchev–Trinajstić information content (AvgIpc) is 1.55. The molecular weight excluding hydrogens is 1250 g/mol. The second-order valence-electron chi connectivity index (χ2n) is 27.9. The maximum atomic E-state index is 13.1. The molecule has 3 N–H and O–H groups in total. The van der Waals surface area contributed by atoms with Gasteiger partial charge in [-0.25, -0.2) is 9.13 Å². The fourth-order valence-corrected chi connectivity index (χ4v) is 13.3. The molecule has 0 saturated heterocycles. The SMILES string of the molecule is CCCCCCCCCCCCCCCCCCCCCCC(=O)O[C@H](COC(=O)CCCCCCCCCCCCCCCCCCC(C)C)COP(=O)(O)OC[C@@H](O)COP(=O)(O)OC[C@@H](COC(=O)CCCCCCCCCC)OC(=O)CCCCCCCCCC. The Hall–Kier alpha value is -1.94. The summed E-state index contributed by atoms with van der Waals surface area (Å²) in [6, 6.07) is 0. The summed E-state index contributed by atoms with van der Waals surface area (Å²) in [4.78, 5) is 72.6. The normalized spacial score (nSPS) is 13.9. The van der Waals surface area contributed by atoms with Crippen molar-refractivity contribution in [3.05, 3.63) is 0 Å². The smallest absolute Gasteiger partial charge is 0.462 e. The molecule has 0 radical (unpaired) electrons. The summed E-state index contributed by atoms with van der Waals surface area (Å²) < 4.78 is 68.3. The molecule has 0 spiro atoms. The first-order valence-electron chi connectivity index (χ1n) is 39.6. The maximum Gasteiger partial charge on any atom is 0.472 e. The van der Waals surface area contributed by atoms with Gasteiger partial charge in [0.25, 0.3) is 0 Å². The van der Waals surface area contributed by atoms with Crippen molar-refractivity contribution in [2.45, 2.75) is 419 Å². The highest BCUT2D eigenvalue weighted by atomic mass is 31.2. The Morgan fingerprint density at radius 2 is 0.484 bits per heavy atom. The molecule has 564 valence electrons. The van der Waals surface area contributed by atoms with Gasteiger partial charge in [0.2, 0.25) is 0 Å². The zero-order chi connectivity index (χ0) is 69.8. The van der Waals surface area contributed by atoms with Crippen LogP contribution in [-0.4, -0.2) is 96.7 Å². The molecule has 0 aromatic heterocycles. The third-order valence-corrected chi connectivity index (χ3v) is 19.7. The molecule has 0 aromatic carbocycles. The van der Waals surface area contributed by atoms with E-state index >= 15 is 0 Å². The molecular formula is C76H148O17P2. The molecule has 0 saturated carbocycles. The number of rotatable bonds is 76. The van der Waals surface area contributed by atoms with Crippen LogP contribution in [0.2, 0.25) is 0 Å². The van der Waals surface area contributed by atoms with Crippen LogP contribution in [0.25, 0.3) is 0 Å². The van der Waals surface area contributed by atoms with Crippen molar-refractivity contribution in [3.8, 4) is 0 Å². The summed E-state index contributed by atoms with van der Waals surface area (Å²) in [5.41, 5.74) is 0. The molecule has 0 fully saturated rings. The number of aliphatic hydroxyl groups excluding tert-OH is 1. The lowest BCUT2D eigenvalue weighted by Gasteiger charge is -2.21. The maximum absolute atomic E-state index is 13.1. The van der Waals surface area contributed by atoms with Crippen LogP contribution < -0.4 is 0 Å². The molecule has 0 aliphatic rings. The molecule has 0 aliphatic heterocycles. The van der Waals surface area contributed by atoms with Crippen LogP contribution in [0.1, 0.15) is 401 Å². The number of phosphoric ester groups is 2. The number of ether oxygens (including phenoxy) is 4. The summed E-state index contributed by atoms with van der Waals surface area (Å²) >= 11 is 0. The van der Waals surface area contributed by atoms with Crippen molar-refractivity contribution in [1.29, 1.82) is 0 Å². The second kappa shape index (κ2) is 69.2. The second-order valence-corrected chi connectivity index (χ2v) is 30.8. The van der Waals surface area contributed by atoms with Crippen molar-refractivity contribution >= 4 is 39.5 Å². The summed E-state index contributed by atoms with van der Waals surface area (Å²) in [5.74, 6) is -1.31. The van der Waals surface area contributed by atoms with Gasteiger partial charge < -0.3 is 33.8 Å². The lowest BCUT2D eigenvalue weighted by molar-refractivity contribution is -0.161. The van der Waals surface area contributed by atoms with Crippen LogP contribution in [0.15, 0.2) is 0 Å². The predicted octanol–water partition coefficient (Wildman–Crippen LogP) is 22.5. The zero-order valence-corrected chi connectivity index (χ0v) is 63.6. The van der Waals surface area contributed by atoms with Gasteiger partial charge in [0.1, 0.15) is 19.3 Å². The molecule has 0 aliphatic carbocycles. The highest BCUT2D eigenvalue weighted by molar-refractivity contribution is 7.47. The number of carbonyl (C=O) groups excluding carboxylic acids is 4. The molecule has 2 unspecified atom stereocenters. The van der Waals surface area contributed by atoms with Crippen LogP contribution in [0.4, 0.5) is 0 Å².